The number of carbonyl (C=O) groups excluding carboxylic acids is 3. The van der Waals surface area contributed by atoms with Crippen LogP contribution in [0.2, 0.25) is 0 Å². The SMILES string of the molecule is CC(C)C(C(=O)NCC(=O)O)N(C(=O)CNC=O)N(C)C. The Balaban J connectivity index is 5.15. The monoisotopic (exact) mass is 302 g/mol. The molecular weight excluding hydrogens is 280 g/mol. The van der Waals surface area contributed by atoms with Gasteiger partial charge in [-0.25, -0.2) is 5.01 Å². The number of carbonyl (C=O) groups is 4. The van der Waals surface area contributed by atoms with E-state index in [9.17, 15) is 19.2 Å². The van der Waals surface area contributed by atoms with Crippen molar-refractivity contribution >= 4 is 24.2 Å². The lowest BCUT2D eigenvalue weighted by atomic mass is 10.0. The maximum absolute atomic E-state index is 12.1. The molecule has 0 spiro atoms. The second-order valence-corrected chi connectivity index (χ2v) is 4.88. The summed E-state index contributed by atoms with van der Waals surface area (Å²) in [7, 11) is 3.16. The predicted octanol–water partition coefficient (Wildman–Crippen LogP) is -1.74. The Morgan fingerprint density at radius 2 is 1.76 bits per heavy atom. The number of carboxylic acid groups (broad SMARTS) is 1. The fraction of sp³-hybridized carbons (Fsp3) is 0.667. The van der Waals surface area contributed by atoms with Gasteiger partial charge in [0.15, 0.2) is 0 Å². The zero-order valence-electron chi connectivity index (χ0n) is 12.6. The molecule has 0 aromatic heterocycles. The molecule has 0 aliphatic rings. The molecule has 1 atom stereocenters. The predicted molar refractivity (Wildman–Crippen MR) is 73.9 cm³/mol. The summed E-state index contributed by atoms with van der Waals surface area (Å²) in [5.41, 5.74) is 0. The van der Waals surface area contributed by atoms with Crippen molar-refractivity contribution in [3.63, 3.8) is 0 Å². The van der Waals surface area contributed by atoms with Crippen LogP contribution in [0.3, 0.4) is 0 Å². The Labute approximate surface area is 123 Å². The average Bonchev–Trinajstić information content (AvgIpc) is 2.38. The highest BCUT2D eigenvalue weighted by atomic mass is 16.4. The second kappa shape index (κ2) is 8.90. The lowest BCUT2D eigenvalue weighted by molar-refractivity contribution is -0.158. The molecule has 0 saturated heterocycles. The molecule has 9 nitrogen and oxygen atoms in total. The van der Waals surface area contributed by atoms with Gasteiger partial charge in [0.05, 0.1) is 6.54 Å². The quantitative estimate of drug-likeness (QED) is 0.344. The van der Waals surface area contributed by atoms with Crippen LogP contribution in [0, 0.1) is 5.92 Å². The molecule has 0 radical (unpaired) electrons. The van der Waals surface area contributed by atoms with Crippen molar-refractivity contribution in [2.24, 2.45) is 5.92 Å². The summed E-state index contributed by atoms with van der Waals surface area (Å²) >= 11 is 0. The number of rotatable bonds is 9. The van der Waals surface area contributed by atoms with Crippen molar-refractivity contribution in [2.45, 2.75) is 19.9 Å². The number of hydrazine groups is 1. The van der Waals surface area contributed by atoms with Gasteiger partial charge in [-0.15, -0.1) is 0 Å². The van der Waals surface area contributed by atoms with Crippen LogP contribution in [0.4, 0.5) is 0 Å². The molecule has 21 heavy (non-hydrogen) atoms. The van der Waals surface area contributed by atoms with E-state index in [2.05, 4.69) is 10.6 Å². The van der Waals surface area contributed by atoms with Crippen LogP contribution < -0.4 is 10.6 Å². The van der Waals surface area contributed by atoms with Crippen LogP contribution in [-0.2, 0) is 19.2 Å². The lowest BCUT2D eigenvalue weighted by Gasteiger charge is -2.37. The molecule has 9 heteroatoms. The summed E-state index contributed by atoms with van der Waals surface area (Å²) in [6, 6.07) is -0.875. The number of nitrogens with one attached hydrogen (secondary N) is 2. The van der Waals surface area contributed by atoms with E-state index >= 15 is 0 Å². The van der Waals surface area contributed by atoms with Gasteiger partial charge in [-0.2, -0.15) is 0 Å². The van der Waals surface area contributed by atoms with E-state index in [4.69, 9.17) is 5.11 Å². The lowest BCUT2D eigenvalue weighted by Crippen LogP contribution is -2.59. The molecular formula is C12H22N4O5. The maximum atomic E-state index is 12.1. The van der Waals surface area contributed by atoms with Gasteiger partial charge in [0.25, 0.3) is 5.91 Å². The molecule has 0 bridgehead atoms. The van der Waals surface area contributed by atoms with Crippen molar-refractivity contribution in [3.8, 4) is 0 Å². The molecule has 0 saturated carbocycles. The average molecular weight is 302 g/mol. The van der Waals surface area contributed by atoms with E-state index in [1.54, 1.807) is 27.9 Å². The third-order valence-electron chi connectivity index (χ3n) is 2.60. The van der Waals surface area contributed by atoms with E-state index in [0.29, 0.717) is 6.41 Å². The summed E-state index contributed by atoms with van der Waals surface area (Å²) < 4.78 is 0. The molecule has 1 unspecified atom stereocenters. The Morgan fingerprint density at radius 1 is 1.19 bits per heavy atom. The van der Waals surface area contributed by atoms with E-state index in [0.717, 1.165) is 0 Å². The zero-order valence-corrected chi connectivity index (χ0v) is 12.6. The van der Waals surface area contributed by atoms with Crippen LogP contribution in [0.25, 0.3) is 0 Å². The molecule has 0 fully saturated rings. The molecule has 0 rings (SSSR count). The molecule has 0 aromatic carbocycles. The number of hydrogen-bond donors (Lipinski definition) is 3. The van der Waals surface area contributed by atoms with Crippen molar-refractivity contribution < 1.29 is 24.3 Å². The van der Waals surface area contributed by atoms with Gasteiger partial charge >= 0.3 is 5.97 Å². The van der Waals surface area contributed by atoms with E-state index in [1.165, 1.54) is 10.0 Å². The first-order chi connectivity index (χ1) is 9.72. The topological polar surface area (TPSA) is 119 Å². The maximum Gasteiger partial charge on any atom is 0.322 e. The highest BCUT2D eigenvalue weighted by Crippen LogP contribution is 2.13. The van der Waals surface area contributed by atoms with Gasteiger partial charge in [0.1, 0.15) is 12.6 Å². The molecule has 0 aliphatic carbocycles. The highest BCUT2D eigenvalue weighted by molar-refractivity contribution is 5.90. The summed E-state index contributed by atoms with van der Waals surface area (Å²) in [6.07, 6.45) is 0.390. The van der Waals surface area contributed by atoms with Gasteiger partial charge < -0.3 is 15.7 Å². The molecule has 3 N–H and O–H groups in total. The molecule has 120 valence electrons. The van der Waals surface area contributed by atoms with Crippen LogP contribution in [0.5, 0.6) is 0 Å². The fourth-order valence-electron chi connectivity index (χ4n) is 1.80. The largest absolute Gasteiger partial charge is 0.480 e. The smallest absolute Gasteiger partial charge is 0.322 e. The van der Waals surface area contributed by atoms with Gasteiger partial charge in [-0.05, 0) is 5.92 Å². The number of carboxylic acids is 1. The summed E-state index contributed by atoms with van der Waals surface area (Å²) in [5, 5.41) is 15.7. The number of hydrogen-bond acceptors (Lipinski definition) is 5. The third kappa shape index (κ3) is 6.21. The molecule has 3 amide bonds. The number of nitrogens with zero attached hydrogens (tertiary/aromatic N) is 2. The Morgan fingerprint density at radius 3 is 2.14 bits per heavy atom. The van der Waals surface area contributed by atoms with E-state index < -0.39 is 30.4 Å². The zero-order chi connectivity index (χ0) is 16.6. The van der Waals surface area contributed by atoms with Gasteiger partial charge in [0.2, 0.25) is 12.3 Å². The summed E-state index contributed by atoms with van der Waals surface area (Å²) in [5.74, 6) is -2.46. The normalized spacial score (nSPS) is 11.9. The molecule has 0 heterocycles. The Kier molecular flexibility index (Phi) is 7.99. The van der Waals surface area contributed by atoms with Crippen molar-refractivity contribution in [3.05, 3.63) is 0 Å². The van der Waals surface area contributed by atoms with Crippen LogP contribution in [-0.4, -0.2) is 72.5 Å². The minimum absolute atomic E-state index is 0.249. The summed E-state index contributed by atoms with van der Waals surface area (Å²) in [4.78, 5) is 45.0. The van der Waals surface area contributed by atoms with Crippen molar-refractivity contribution in [1.82, 2.24) is 20.7 Å². The molecule has 0 aromatic rings. The minimum Gasteiger partial charge on any atom is -0.480 e. The van der Waals surface area contributed by atoms with Crippen molar-refractivity contribution in [2.75, 3.05) is 27.2 Å². The standard InChI is InChI=1S/C12H22N4O5/c1-8(2)11(12(21)14-6-10(19)20)16(15(3)4)9(18)5-13-7-17/h7-8,11H,5-6H2,1-4H3,(H,13,17)(H,14,21)(H,19,20). The minimum atomic E-state index is -1.17. The first-order valence-electron chi connectivity index (χ1n) is 6.38. The number of amides is 3. The Bertz CT molecular complexity index is 397. The van der Waals surface area contributed by atoms with Crippen LogP contribution in [0.15, 0.2) is 0 Å². The van der Waals surface area contributed by atoms with E-state index in [1.807, 2.05) is 0 Å². The summed E-state index contributed by atoms with van der Waals surface area (Å²) in [6.45, 7) is 2.70. The second-order valence-electron chi connectivity index (χ2n) is 4.88. The van der Waals surface area contributed by atoms with Crippen LogP contribution in [0.1, 0.15) is 13.8 Å². The third-order valence-corrected chi connectivity index (χ3v) is 2.60. The van der Waals surface area contributed by atoms with Gasteiger partial charge in [-0.1, -0.05) is 13.8 Å². The van der Waals surface area contributed by atoms with Crippen LogP contribution >= 0.6 is 0 Å². The first kappa shape index (κ1) is 18.8. The molecule has 0 aliphatic heterocycles. The van der Waals surface area contributed by atoms with Crippen molar-refractivity contribution in [1.29, 1.82) is 0 Å². The fourth-order valence-corrected chi connectivity index (χ4v) is 1.80. The highest BCUT2D eigenvalue weighted by Gasteiger charge is 2.34. The number of aliphatic carboxylic acids is 1. The Hall–Kier alpha value is -2.16. The first-order valence-corrected chi connectivity index (χ1v) is 6.38. The van der Waals surface area contributed by atoms with E-state index in [-0.39, 0.29) is 12.5 Å². The van der Waals surface area contributed by atoms with Gasteiger partial charge in [0, 0.05) is 14.1 Å². The van der Waals surface area contributed by atoms with Gasteiger partial charge in [-0.3, -0.25) is 24.2 Å².